The van der Waals surface area contributed by atoms with E-state index in [-0.39, 0.29) is 23.8 Å². The third kappa shape index (κ3) is 6.34. The minimum Gasteiger partial charge on any atom is -0.481 e. The Labute approximate surface area is 201 Å². The number of unbranched alkanes of at least 4 members (excludes halogenated alkanes) is 1. The van der Waals surface area contributed by atoms with Gasteiger partial charge in [0.05, 0.1) is 25.9 Å². The van der Waals surface area contributed by atoms with Crippen LogP contribution in [0.2, 0.25) is 0 Å². The Balaban J connectivity index is 1.39. The van der Waals surface area contributed by atoms with Crippen molar-refractivity contribution in [1.29, 1.82) is 0 Å². The van der Waals surface area contributed by atoms with Gasteiger partial charge >= 0.3 is 5.97 Å². The molecule has 2 bridgehead atoms. The maximum absolute atomic E-state index is 13.2. The second-order valence-electron chi connectivity index (χ2n) is 9.81. The first-order valence-electron chi connectivity index (χ1n) is 12.4. The molecular weight excluding hydrogens is 431 g/mol. The Bertz CT molecular complexity index is 942. The molecule has 2 aromatic rings. The molecule has 5 heteroatoms. The van der Waals surface area contributed by atoms with Gasteiger partial charge in [-0.3, -0.25) is 4.79 Å². The van der Waals surface area contributed by atoms with Gasteiger partial charge in [0.1, 0.15) is 5.82 Å². The first-order valence-corrected chi connectivity index (χ1v) is 12.4. The molecule has 0 unspecified atom stereocenters. The standard InChI is InChI=1S/C29H35FO4/c30-24-14-12-23(13-15-24)19-33-20-25-26(10-6-1-2-7-11-28(31)32)29(18-27(25)34-21-29)17-16-22-8-4-3-5-9-22/h1,3-6,8-9,12-15,25-27H,2,7,10-11,16-21H2,(H,31,32)/t25-,26-,27-,29-/m1/s1. The summed E-state index contributed by atoms with van der Waals surface area (Å²) in [6.07, 6.45) is 10.4. The second-order valence-corrected chi connectivity index (χ2v) is 9.81. The lowest BCUT2D eigenvalue weighted by molar-refractivity contribution is -0.137. The number of rotatable bonds is 13. The van der Waals surface area contributed by atoms with Crippen molar-refractivity contribution < 1.29 is 23.8 Å². The molecule has 2 aliphatic rings. The molecule has 1 saturated heterocycles. The zero-order chi connectivity index (χ0) is 23.8. The summed E-state index contributed by atoms with van der Waals surface area (Å²) >= 11 is 0. The van der Waals surface area contributed by atoms with Crippen molar-refractivity contribution in [1.82, 2.24) is 0 Å². The van der Waals surface area contributed by atoms with Gasteiger partial charge in [-0.25, -0.2) is 4.39 Å². The van der Waals surface area contributed by atoms with E-state index < -0.39 is 5.97 Å². The molecule has 1 saturated carbocycles. The van der Waals surface area contributed by atoms with Gasteiger partial charge < -0.3 is 14.6 Å². The topological polar surface area (TPSA) is 55.8 Å². The first kappa shape index (κ1) is 24.6. The van der Waals surface area contributed by atoms with Crippen LogP contribution in [0.25, 0.3) is 0 Å². The molecule has 0 radical (unpaired) electrons. The summed E-state index contributed by atoms with van der Waals surface area (Å²) in [5.74, 6) is -0.176. The largest absolute Gasteiger partial charge is 0.481 e. The highest BCUT2D eigenvalue weighted by molar-refractivity contribution is 5.66. The van der Waals surface area contributed by atoms with Crippen molar-refractivity contribution in [3.8, 4) is 0 Å². The number of benzene rings is 2. The van der Waals surface area contributed by atoms with E-state index in [1.807, 2.05) is 0 Å². The summed E-state index contributed by atoms with van der Waals surface area (Å²) in [5, 5.41) is 8.84. The van der Waals surface area contributed by atoms with Gasteiger partial charge in [-0.1, -0.05) is 54.6 Å². The van der Waals surface area contributed by atoms with Crippen LogP contribution in [-0.4, -0.2) is 30.4 Å². The Kier molecular flexibility index (Phi) is 8.52. The molecule has 1 N–H and O–H groups in total. The molecule has 2 aromatic carbocycles. The number of carboxylic acid groups (broad SMARTS) is 1. The summed E-state index contributed by atoms with van der Waals surface area (Å²) < 4.78 is 25.6. The number of hydrogen-bond acceptors (Lipinski definition) is 3. The third-order valence-corrected chi connectivity index (χ3v) is 7.54. The van der Waals surface area contributed by atoms with Crippen molar-refractivity contribution in [2.24, 2.45) is 17.3 Å². The number of aliphatic carboxylic acids is 1. The van der Waals surface area contributed by atoms with Gasteiger partial charge in [0.25, 0.3) is 0 Å². The van der Waals surface area contributed by atoms with E-state index in [1.165, 1.54) is 17.7 Å². The average molecular weight is 467 g/mol. The summed E-state index contributed by atoms with van der Waals surface area (Å²) in [6, 6.07) is 17.1. The SMILES string of the molecule is O=C(O)CCCC=CC[C@@H]1[C@@H](COCc2ccc(F)cc2)[C@H]2C[C@]1(CCc1ccccc1)CO2. The van der Waals surface area contributed by atoms with E-state index in [9.17, 15) is 9.18 Å². The number of halogens is 1. The van der Waals surface area contributed by atoms with E-state index in [0.717, 1.165) is 44.3 Å². The minimum atomic E-state index is -0.739. The van der Waals surface area contributed by atoms with Crippen LogP contribution in [0.4, 0.5) is 4.39 Å². The smallest absolute Gasteiger partial charge is 0.303 e. The molecule has 0 aromatic heterocycles. The van der Waals surface area contributed by atoms with E-state index >= 15 is 0 Å². The molecule has 1 aliphatic heterocycles. The van der Waals surface area contributed by atoms with Gasteiger partial charge in [-0.05, 0) is 67.7 Å². The van der Waals surface area contributed by atoms with Crippen molar-refractivity contribution in [3.05, 3.63) is 83.7 Å². The molecule has 182 valence electrons. The predicted molar refractivity (Wildman–Crippen MR) is 130 cm³/mol. The first-order chi connectivity index (χ1) is 16.6. The molecule has 2 fully saturated rings. The summed E-state index contributed by atoms with van der Waals surface area (Å²) in [6.45, 7) is 1.90. The fourth-order valence-corrected chi connectivity index (χ4v) is 5.71. The van der Waals surface area contributed by atoms with Gasteiger partial charge in [-0.2, -0.15) is 0 Å². The molecule has 34 heavy (non-hydrogen) atoms. The van der Waals surface area contributed by atoms with Gasteiger partial charge in [0.15, 0.2) is 0 Å². The quantitative estimate of drug-likeness (QED) is 0.282. The Morgan fingerprint density at radius 1 is 1.12 bits per heavy atom. The number of carbonyl (C=O) groups is 1. The number of allylic oxidation sites excluding steroid dienone is 2. The second kappa shape index (κ2) is 11.8. The van der Waals surface area contributed by atoms with Crippen LogP contribution in [0, 0.1) is 23.1 Å². The van der Waals surface area contributed by atoms with Gasteiger partial charge in [0.2, 0.25) is 0 Å². The van der Waals surface area contributed by atoms with Crippen LogP contribution >= 0.6 is 0 Å². The number of aryl methyl sites for hydroxylation is 1. The third-order valence-electron chi connectivity index (χ3n) is 7.54. The lowest BCUT2D eigenvalue weighted by atomic mass is 9.70. The van der Waals surface area contributed by atoms with Crippen LogP contribution in [0.5, 0.6) is 0 Å². The average Bonchev–Trinajstić information content (AvgIpc) is 3.39. The molecule has 4 nitrogen and oxygen atoms in total. The van der Waals surface area contributed by atoms with E-state index in [1.54, 1.807) is 12.1 Å². The highest BCUT2D eigenvalue weighted by Gasteiger charge is 2.57. The zero-order valence-corrected chi connectivity index (χ0v) is 19.7. The fourth-order valence-electron chi connectivity index (χ4n) is 5.71. The summed E-state index contributed by atoms with van der Waals surface area (Å²) in [7, 11) is 0. The number of fused-ring (bicyclic) bond motifs is 2. The zero-order valence-electron chi connectivity index (χ0n) is 19.7. The number of ether oxygens (including phenoxy) is 2. The van der Waals surface area contributed by atoms with Crippen molar-refractivity contribution in [2.75, 3.05) is 13.2 Å². The molecule has 0 amide bonds. The van der Waals surface area contributed by atoms with Gasteiger partial charge in [0, 0.05) is 17.8 Å². The molecule has 0 spiro atoms. The van der Waals surface area contributed by atoms with Crippen LogP contribution in [0.3, 0.4) is 0 Å². The van der Waals surface area contributed by atoms with Crippen LogP contribution in [-0.2, 0) is 27.3 Å². The van der Waals surface area contributed by atoms with Crippen LogP contribution < -0.4 is 0 Å². The monoisotopic (exact) mass is 466 g/mol. The Morgan fingerprint density at radius 2 is 1.91 bits per heavy atom. The van der Waals surface area contributed by atoms with Crippen LogP contribution in [0.15, 0.2) is 66.7 Å². The molecule has 4 atom stereocenters. The van der Waals surface area contributed by atoms with E-state index in [0.29, 0.717) is 31.5 Å². The van der Waals surface area contributed by atoms with Crippen LogP contribution in [0.1, 0.15) is 49.7 Å². The Hall–Kier alpha value is -2.50. The van der Waals surface area contributed by atoms with Crippen molar-refractivity contribution in [2.45, 2.75) is 57.7 Å². The molecule has 4 rings (SSSR count). The fraction of sp³-hybridized carbons (Fsp3) is 0.483. The Morgan fingerprint density at radius 3 is 2.68 bits per heavy atom. The highest BCUT2D eigenvalue weighted by Crippen LogP contribution is 2.57. The van der Waals surface area contributed by atoms with Crippen molar-refractivity contribution >= 4 is 5.97 Å². The summed E-state index contributed by atoms with van der Waals surface area (Å²) in [4.78, 5) is 10.8. The lowest BCUT2D eigenvalue weighted by Gasteiger charge is -2.39. The maximum Gasteiger partial charge on any atom is 0.303 e. The normalized spacial score (nSPS) is 25.9. The molecule has 1 aliphatic carbocycles. The summed E-state index contributed by atoms with van der Waals surface area (Å²) in [5.41, 5.74) is 2.48. The lowest BCUT2D eigenvalue weighted by Crippen LogP contribution is -2.38. The van der Waals surface area contributed by atoms with Crippen molar-refractivity contribution in [3.63, 3.8) is 0 Å². The minimum absolute atomic E-state index is 0.149. The highest BCUT2D eigenvalue weighted by atomic mass is 19.1. The molecular formula is C29H35FO4. The number of carboxylic acids is 1. The van der Waals surface area contributed by atoms with E-state index in [2.05, 4.69) is 42.5 Å². The number of hydrogen-bond donors (Lipinski definition) is 1. The predicted octanol–water partition coefficient (Wildman–Crippen LogP) is 6.20. The van der Waals surface area contributed by atoms with Gasteiger partial charge in [-0.15, -0.1) is 0 Å². The van der Waals surface area contributed by atoms with E-state index in [4.69, 9.17) is 14.6 Å². The maximum atomic E-state index is 13.2. The molecule has 1 heterocycles.